The zero-order valence-electron chi connectivity index (χ0n) is 11.3. The standard InChI is InChI=1S/C15H17N3O2/c1-11-14(6-3-7-17-11)15(19)18-8-9-20-13-5-2-4-12(16)10-13/h2-7,10H,8-9,16H2,1H3,(H,18,19). The number of nitrogens with two attached hydrogens (primary N) is 1. The summed E-state index contributed by atoms with van der Waals surface area (Å²) in [7, 11) is 0. The third-order valence-corrected chi connectivity index (χ3v) is 2.77. The first-order valence-electron chi connectivity index (χ1n) is 6.35. The molecule has 5 heteroatoms. The van der Waals surface area contributed by atoms with Gasteiger partial charge in [-0.25, -0.2) is 0 Å². The molecule has 3 N–H and O–H groups in total. The molecule has 5 nitrogen and oxygen atoms in total. The summed E-state index contributed by atoms with van der Waals surface area (Å²) in [5.74, 6) is 0.545. The van der Waals surface area contributed by atoms with Crippen molar-refractivity contribution in [3.05, 3.63) is 53.9 Å². The lowest BCUT2D eigenvalue weighted by molar-refractivity contribution is 0.0946. The van der Waals surface area contributed by atoms with E-state index in [0.717, 1.165) is 0 Å². The van der Waals surface area contributed by atoms with Gasteiger partial charge in [0.1, 0.15) is 12.4 Å². The van der Waals surface area contributed by atoms with Crippen molar-refractivity contribution in [1.29, 1.82) is 0 Å². The van der Waals surface area contributed by atoms with Crippen molar-refractivity contribution < 1.29 is 9.53 Å². The SMILES string of the molecule is Cc1ncccc1C(=O)NCCOc1cccc(N)c1. The molecule has 0 saturated carbocycles. The minimum absolute atomic E-state index is 0.147. The summed E-state index contributed by atoms with van der Waals surface area (Å²) < 4.78 is 5.49. The minimum Gasteiger partial charge on any atom is -0.492 e. The van der Waals surface area contributed by atoms with Gasteiger partial charge in [0.2, 0.25) is 0 Å². The molecule has 0 unspecified atom stereocenters. The van der Waals surface area contributed by atoms with E-state index in [0.29, 0.717) is 35.8 Å². The minimum atomic E-state index is -0.147. The molecular weight excluding hydrogens is 254 g/mol. The molecule has 0 radical (unpaired) electrons. The normalized spacial score (nSPS) is 10.1. The van der Waals surface area contributed by atoms with Crippen LogP contribution in [-0.4, -0.2) is 24.0 Å². The highest BCUT2D eigenvalue weighted by Gasteiger charge is 2.07. The van der Waals surface area contributed by atoms with Crippen molar-refractivity contribution >= 4 is 11.6 Å². The topological polar surface area (TPSA) is 77.2 Å². The number of hydrogen-bond acceptors (Lipinski definition) is 4. The van der Waals surface area contributed by atoms with Crippen molar-refractivity contribution in [2.45, 2.75) is 6.92 Å². The fourth-order valence-corrected chi connectivity index (χ4v) is 1.76. The zero-order valence-corrected chi connectivity index (χ0v) is 11.3. The number of carbonyl (C=O) groups excluding carboxylic acids is 1. The second kappa shape index (κ2) is 6.56. The van der Waals surface area contributed by atoms with Crippen molar-refractivity contribution in [3.63, 3.8) is 0 Å². The maximum Gasteiger partial charge on any atom is 0.253 e. The van der Waals surface area contributed by atoms with E-state index in [1.165, 1.54) is 0 Å². The highest BCUT2D eigenvalue weighted by atomic mass is 16.5. The quantitative estimate of drug-likeness (QED) is 0.642. The van der Waals surface area contributed by atoms with E-state index in [9.17, 15) is 4.79 Å². The number of aryl methyl sites for hydroxylation is 1. The van der Waals surface area contributed by atoms with Crippen LogP contribution in [0.3, 0.4) is 0 Å². The van der Waals surface area contributed by atoms with E-state index in [4.69, 9.17) is 10.5 Å². The first kappa shape index (κ1) is 13.9. The molecule has 0 aliphatic carbocycles. The lowest BCUT2D eigenvalue weighted by Gasteiger charge is -2.09. The largest absolute Gasteiger partial charge is 0.492 e. The Balaban J connectivity index is 1.79. The van der Waals surface area contributed by atoms with Crippen LogP contribution < -0.4 is 15.8 Å². The molecule has 1 aromatic carbocycles. The number of rotatable bonds is 5. The maximum absolute atomic E-state index is 11.9. The van der Waals surface area contributed by atoms with Crippen LogP contribution in [0.25, 0.3) is 0 Å². The number of nitrogens with one attached hydrogen (secondary N) is 1. The van der Waals surface area contributed by atoms with Gasteiger partial charge in [0, 0.05) is 23.6 Å². The van der Waals surface area contributed by atoms with Crippen LogP contribution in [0.5, 0.6) is 5.75 Å². The van der Waals surface area contributed by atoms with Gasteiger partial charge in [-0.2, -0.15) is 0 Å². The first-order chi connectivity index (χ1) is 9.66. The van der Waals surface area contributed by atoms with Gasteiger partial charge in [0.25, 0.3) is 5.91 Å². The number of nitrogen functional groups attached to an aromatic ring is 1. The molecule has 0 fully saturated rings. The summed E-state index contributed by atoms with van der Waals surface area (Å²) in [5.41, 5.74) is 7.59. The molecule has 1 heterocycles. The summed E-state index contributed by atoms with van der Waals surface area (Å²) >= 11 is 0. The fraction of sp³-hybridized carbons (Fsp3) is 0.200. The second-order valence-corrected chi connectivity index (χ2v) is 4.31. The summed E-state index contributed by atoms with van der Waals surface area (Å²) in [6.07, 6.45) is 1.66. The fourth-order valence-electron chi connectivity index (χ4n) is 1.76. The molecule has 0 spiro atoms. The smallest absolute Gasteiger partial charge is 0.253 e. The lowest BCUT2D eigenvalue weighted by atomic mass is 10.2. The highest BCUT2D eigenvalue weighted by molar-refractivity contribution is 5.95. The molecule has 0 saturated heterocycles. The Morgan fingerprint density at radius 1 is 1.35 bits per heavy atom. The molecule has 20 heavy (non-hydrogen) atoms. The first-order valence-corrected chi connectivity index (χ1v) is 6.35. The van der Waals surface area contributed by atoms with Crippen molar-refractivity contribution in [1.82, 2.24) is 10.3 Å². The molecule has 0 bridgehead atoms. The number of ether oxygens (including phenoxy) is 1. The van der Waals surface area contributed by atoms with Crippen molar-refractivity contribution in [2.75, 3.05) is 18.9 Å². The molecule has 0 aliphatic rings. The Morgan fingerprint density at radius 2 is 2.20 bits per heavy atom. The number of carbonyl (C=O) groups is 1. The number of hydrogen-bond donors (Lipinski definition) is 2. The Morgan fingerprint density at radius 3 is 2.95 bits per heavy atom. The van der Waals surface area contributed by atoms with Gasteiger partial charge >= 0.3 is 0 Å². The Kier molecular flexibility index (Phi) is 4.55. The van der Waals surface area contributed by atoms with E-state index in [-0.39, 0.29) is 5.91 Å². The Labute approximate surface area is 117 Å². The predicted octanol–water partition coefficient (Wildman–Crippen LogP) is 1.78. The van der Waals surface area contributed by atoms with Gasteiger partial charge in [-0.3, -0.25) is 9.78 Å². The molecule has 2 aromatic rings. The molecule has 0 aliphatic heterocycles. The van der Waals surface area contributed by atoms with Crippen LogP contribution in [0.4, 0.5) is 5.69 Å². The lowest BCUT2D eigenvalue weighted by Crippen LogP contribution is -2.28. The van der Waals surface area contributed by atoms with Gasteiger partial charge in [0.15, 0.2) is 0 Å². The number of nitrogens with zero attached hydrogens (tertiary/aromatic N) is 1. The van der Waals surface area contributed by atoms with Gasteiger partial charge in [-0.05, 0) is 31.2 Å². The third-order valence-electron chi connectivity index (χ3n) is 2.77. The van der Waals surface area contributed by atoms with Gasteiger partial charge in [-0.15, -0.1) is 0 Å². The number of benzene rings is 1. The van der Waals surface area contributed by atoms with E-state index >= 15 is 0 Å². The third kappa shape index (κ3) is 3.71. The van der Waals surface area contributed by atoms with E-state index < -0.39 is 0 Å². The second-order valence-electron chi connectivity index (χ2n) is 4.31. The van der Waals surface area contributed by atoms with Crippen LogP contribution in [0.1, 0.15) is 16.1 Å². The summed E-state index contributed by atoms with van der Waals surface area (Å²) in [5, 5.41) is 2.79. The molecule has 1 amide bonds. The van der Waals surface area contributed by atoms with Gasteiger partial charge < -0.3 is 15.8 Å². The summed E-state index contributed by atoms with van der Waals surface area (Å²) in [6.45, 7) is 2.61. The monoisotopic (exact) mass is 271 g/mol. The van der Waals surface area contributed by atoms with Gasteiger partial charge in [0.05, 0.1) is 12.1 Å². The van der Waals surface area contributed by atoms with Gasteiger partial charge in [-0.1, -0.05) is 6.07 Å². The molecular formula is C15H17N3O2. The number of pyridine rings is 1. The Hall–Kier alpha value is -2.56. The number of anilines is 1. The predicted molar refractivity (Wildman–Crippen MR) is 77.7 cm³/mol. The summed E-state index contributed by atoms with van der Waals surface area (Å²) in [4.78, 5) is 16.0. The average molecular weight is 271 g/mol. The molecule has 2 rings (SSSR count). The van der Waals surface area contributed by atoms with Crippen LogP contribution in [-0.2, 0) is 0 Å². The van der Waals surface area contributed by atoms with Crippen molar-refractivity contribution in [3.8, 4) is 5.75 Å². The van der Waals surface area contributed by atoms with Crippen LogP contribution in [0.2, 0.25) is 0 Å². The van der Waals surface area contributed by atoms with E-state index in [2.05, 4.69) is 10.3 Å². The summed E-state index contributed by atoms with van der Waals surface area (Å²) in [6, 6.07) is 10.7. The molecule has 104 valence electrons. The Bertz CT molecular complexity index is 599. The number of amides is 1. The van der Waals surface area contributed by atoms with Crippen LogP contribution in [0.15, 0.2) is 42.6 Å². The molecule has 0 atom stereocenters. The van der Waals surface area contributed by atoms with E-state index in [1.54, 1.807) is 37.4 Å². The highest BCUT2D eigenvalue weighted by Crippen LogP contribution is 2.13. The van der Waals surface area contributed by atoms with E-state index in [1.807, 2.05) is 12.1 Å². The number of aromatic nitrogens is 1. The zero-order chi connectivity index (χ0) is 14.4. The van der Waals surface area contributed by atoms with Crippen molar-refractivity contribution in [2.24, 2.45) is 0 Å². The average Bonchev–Trinajstić information content (AvgIpc) is 2.44. The van der Waals surface area contributed by atoms with Crippen LogP contribution >= 0.6 is 0 Å². The maximum atomic E-state index is 11.9. The molecule has 1 aromatic heterocycles. The van der Waals surface area contributed by atoms with Crippen LogP contribution in [0, 0.1) is 6.92 Å².